The van der Waals surface area contributed by atoms with Gasteiger partial charge in [0.05, 0.1) is 0 Å². The molecule has 1 nitrogen and oxygen atoms in total. The van der Waals surface area contributed by atoms with Gasteiger partial charge in [-0.1, -0.05) is 13.8 Å². The minimum Gasteiger partial charge on any atom is -0.260 e. The molecule has 0 bridgehead atoms. The zero-order valence-corrected chi connectivity index (χ0v) is 10.8. The van der Waals surface area contributed by atoms with Gasteiger partial charge in [-0.2, -0.15) is 0 Å². The maximum Gasteiger partial charge on any atom is 0.0419 e. The van der Waals surface area contributed by atoms with E-state index < -0.39 is 0 Å². The summed E-state index contributed by atoms with van der Waals surface area (Å²) in [5.41, 5.74) is 1.06. The Kier molecular flexibility index (Phi) is 4.90. The summed E-state index contributed by atoms with van der Waals surface area (Å²) < 4.78 is 1.01. The highest BCUT2D eigenvalue weighted by molar-refractivity contribution is 9.10. The lowest BCUT2D eigenvalue weighted by Crippen LogP contribution is -2.08. The van der Waals surface area contributed by atoms with Crippen LogP contribution in [0.3, 0.4) is 0 Å². The van der Waals surface area contributed by atoms with Crippen LogP contribution in [0.15, 0.2) is 22.8 Å². The summed E-state index contributed by atoms with van der Waals surface area (Å²) in [6, 6.07) is 4.01. The molecule has 1 unspecified atom stereocenters. The Morgan fingerprint density at radius 3 is 2.64 bits per heavy atom. The second-order valence-corrected chi connectivity index (χ2v) is 5.43. The van der Waals surface area contributed by atoms with Crippen molar-refractivity contribution in [2.75, 3.05) is 0 Å². The molecule has 1 aromatic rings. The van der Waals surface area contributed by atoms with Crippen molar-refractivity contribution in [3.63, 3.8) is 0 Å². The highest BCUT2D eigenvalue weighted by atomic mass is 79.9. The maximum absolute atomic E-state index is 6.20. The second-order valence-electron chi connectivity index (χ2n) is 3.90. The fourth-order valence-corrected chi connectivity index (χ4v) is 2.10. The van der Waals surface area contributed by atoms with Gasteiger partial charge < -0.3 is 0 Å². The van der Waals surface area contributed by atoms with Crippen LogP contribution in [-0.2, 0) is 6.42 Å². The summed E-state index contributed by atoms with van der Waals surface area (Å²) in [4.78, 5) is 4.29. The van der Waals surface area contributed by atoms with Crippen LogP contribution in [0.4, 0.5) is 0 Å². The number of hydrogen-bond donors (Lipinski definition) is 0. The van der Waals surface area contributed by atoms with Crippen LogP contribution in [0, 0.1) is 5.92 Å². The van der Waals surface area contributed by atoms with E-state index in [0.717, 1.165) is 23.0 Å². The lowest BCUT2D eigenvalue weighted by molar-refractivity contribution is 0.559. The van der Waals surface area contributed by atoms with Crippen molar-refractivity contribution < 1.29 is 0 Å². The zero-order chi connectivity index (χ0) is 10.6. The molecule has 0 radical (unpaired) electrons. The lowest BCUT2D eigenvalue weighted by atomic mass is 10.0. The van der Waals surface area contributed by atoms with E-state index in [1.54, 1.807) is 0 Å². The Labute approximate surface area is 99.0 Å². The van der Waals surface area contributed by atoms with Gasteiger partial charge in [0.15, 0.2) is 0 Å². The summed E-state index contributed by atoms with van der Waals surface area (Å²) in [6.45, 7) is 4.37. The highest BCUT2D eigenvalue weighted by Gasteiger charge is 2.08. The molecule has 0 spiro atoms. The van der Waals surface area contributed by atoms with E-state index >= 15 is 0 Å². The molecule has 1 heterocycles. The fraction of sp³-hybridized carbons (Fsp3) is 0.545. The second kappa shape index (κ2) is 5.72. The summed E-state index contributed by atoms with van der Waals surface area (Å²) in [5.74, 6) is 0.646. The highest BCUT2D eigenvalue weighted by Crippen LogP contribution is 2.16. The van der Waals surface area contributed by atoms with E-state index in [1.807, 2.05) is 18.3 Å². The minimum absolute atomic E-state index is 0.198. The zero-order valence-electron chi connectivity index (χ0n) is 8.50. The number of aromatic nitrogens is 1. The summed E-state index contributed by atoms with van der Waals surface area (Å²) in [7, 11) is 0. The van der Waals surface area contributed by atoms with E-state index in [1.165, 1.54) is 0 Å². The Morgan fingerprint density at radius 2 is 2.14 bits per heavy atom. The number of alkyl halides is 1. The fourth-order valence-electron chi connectivity index (χ4n) is 1.35. The van der Waals surface area contributed by atoms with Crippen molar-refractivity contribution in [3.8, 4) is 0 Å². The predicted octanol–water partition coefficient (Wildman–Crippen LogP) is 4.04. The van der Waals surface area contributed by atoms with Crippen LogP contribution in [-0.4, -0.2) is 10.4 Å². The first-order chi connectivity index (χ1) is 6.58. The molecular formula is C11H15BrClN. The molecule has 14 heavy (non-hydrogen) atoms. The van der Waals surface area contributed by atoms with Crippen molar-refractivity contribution in [1.29, 1.82) is 0 Å². The van der Waals surface area contributed by atoms with Gasteiger partial charge in [-0.05, 0) is 40.4 Å². The Balaban J connectivity index is 2.47. The molecule has 1 atom stereocenters. The van der Waals surface area contributed by atoms with Crippen LogP contribution < -0.4 is 0 Å². The number of hydrogen-bond acceptors (Lipinski definition) is 1. The van der Waals surface area contributed by atoms with E-state index in [0.29, 0.717) is 5.92 Å². The average molecular weight is 277 g/mol. The third kappa shape index (κ3) is 4.43. The van der Waals surface area contributed by atoms with Crippen molar-refractivity contribution in [2.45, 2.75) is 32.1 Å². The Bertz CT molecular complexity index is 271. The number of pyridine rings is 1. The van der Waals surface area contributed by atoms with Gasteiger partial charge in [-0.15, -0.1) is 11.6 Å². The van der Waals surface area contributed by atoms with Gasteiger partial charge in [0, 0.05) is 28.2 Å². The molecule has 0 aliphatic carbocycles. The lowest BCUT2D eigenvalue weighted by Gasteiger charge is -2.11. The molecule has 0 aliphatic rings. The molecule has 3 heteroatoms. The van der Waals surface area contributed by atoms with Gasteiger partial charge in [0.1, 0.15) is 0 Å². The molecule has 0 saturated heterocycles. The molecule has 0 fully saturated rings. The van der Waals surface area contributed by atoms with Crippen LogP contribution in [0.25, 0.3) is 0 Å². The van der Waals surface area contributed by atoms with Crippen LogP contribution in [0.5, 0.6) is 0 Å². The molecule has 0 aliphatic heterocycles. The quantitative estimate of drug-likeness (QED) is 0.756. The van der Waals surface area contributed by atoms with Crippen molar-refractivity contribution in [2.24, 2.45) is 5.92 Å². The van der Waals surface area contributed by atoms with E-state index in [2.05, 4.69) is 34.8 Å². The largest absolute Gasteiger partial charge is 0.260 e. The van der Waals surface area contributed by atoms with E-state index in [-0.39, 0.29) is 5.38 Å². The first-order valence-corrected chi connectivity index (χ1v) is 6.05. The van der Waals surface area contributed by atoms with Crippen molar-refractivity contribution in [1.82, 2.24) is 4.98 Å². The SMILES string of the molecule is CC(C)CC(Cl)Cc1ccc(Br)cn1. The molecule has 1 aromatic heterocycles. The van der Waals surface area contributed by atoms with Gasteiger partial charge in [0.25, 0.3) is 0 Å². The predicted molar refractivity (Wildman–Crippen MR) is 64.7 cm³/mol. The summed E-state index contributed by atoms with van der Waals surface area (Å²) in [6.07, 6.45) is 3.71. The standard InChI is InChI=1S/C11H15BrClN/c1-8(2)5-10(13)6-11-4-3-9(12)7-14-11/h3-4,7-8,10H,5-6H2,1-2H3. The molecule has 78 valence electrons. The Hall–Kier alpha value is -0.0800. The summed E-state index contributed by atoms with van der Waals surface area (Å²) in [5, 5.41) is 0.198. The van der Waals surface area contributed by atoms with Gasteiger partial charge in [0.2, 0.25) is 0 Å². The first kappa shape index (κ1) is 12.0. The van der Waals surface area contributed by atoms with Crippen molar-refractivity contribution >= 4 is 27.5 Å². The number of rotatable bonds is 4. The monoisotopic (exact) mass is 275 g/mol. The maximum atomic E-state index is 6.20. The van der Waals surface area contributed by atoms with Gasteiger partial charge in [-0.25, -0.2) is 0 Å². The molecular weight excluding hydrogens is 261 g/mol. The van der Waals surface area contributed by atoms with E-state index in [4.69, 9.17) is 11.6 Å². The van der Waals surface area contributed by atoms with Crippen LogP contribution in [0.1, 0.15) is 26.0 Å². The number of halogens is 2. The topological polar surface area (TPSA) is 12.9 Å². The molecule has 0 aromatic carbocycles. The van der Waals surface area contributed by atoms with Gasteiger partial charge >= 0.3 is 0 Å². The Morgan fingerprint density at radius 1 is 1.43 bits per heavy atom. The molecule has 1 rings (SSSR count). The minimum atomic E-state index is 0.198. The van der Waals surface area contributed by atoms with E-state index in [9.17, 15) is 0 Å². The smallest absolute Gasteiger partial charge is 0.0419 e. The third-order valence-electron chi connectivity index (χ3n) is 1.95. The van der Waals surface area contributed by atoms with Crippen LogP contribution >= 0.6 is 27.5 Å². The molecule has 0 saturated carbocycles. The molecule has 0 N–H and O–H groups in total. The van der Waals surface area contributed by atoms with Gasteiger partial charge in [-0.3, -0.25) is 4.98 Å². The summed E-state index contributed by atoms with van der Waals surface area (Å²) >= 11 is 9.55. The van der Waals surface area contributed by atoms with Crippen LogP contribution in [0.2, 0.25) is 0 Å². The first-order valence-electron chi connectivity index (χ1n) is 4.82. The normalized spacial score (nSPS) is 13.2. The average Bonchev–Trinajstić information content (AvgIpc) is 2.07. The third-order valence-corrected chi connectivity index (χ3v) is 2.75. The molecule has 0 amide bonds. The number of nitrogens with zero attached hydrogens (tertiary/aromatic N) is 1. The van der Waals surface area contributed by atoms with Crippen molar-refractivity contribution in [3.05, 3.63) is 28.5 Å².